The van der Waals surface area contributed by atoms with Gasteiger partial charge >= 0.3 is 0 Å². The molecule has 16 heavy (non-hydrogen) atoms. The van der Waals surface area contributed by atoms with Gasteiger partial charge in [-0.3, -0.25) is 9.11 Å². The Morgan fingerprint density at radius 3 is 2.06 bits per heavy atom. The van der Waals surface area contributed by atoms with Gasteiger partial charge in [0.15, 0.2) is 0 Å². The first-order chi connectivity index (χ1) is 7.14. The summed E-state index contributed by atoms with van der Waals surface area (Å²) < 4.78 is 60.4. The van der Waals surface area contributed by atoms with Gasteiger partial charge in [-0.05, 0) is 6.08 Å². The van der Waals surface area contributed by atoms with Gasteiger partial charge in [0.1, 0.15) is 4.91 Å². The summed E-state index contributed by atoms with van der Waals surface area (Å²) in [6.07, 6.45) is 0.901. The zero-order valence-corrected chi connectivity index (χ0v) is 9.23. The fourth-order valence-electron chi connectivity index (χ4n) is 1.02. The Hall–Kier alpha value is -1.32. The maximum absolute atomic E-state index is 10.8. The highest BCUT2D eigenvalue weighted by Crippen LogP contribution is 2.21. The van der Waals surface area contributed by atoms with Gasteiger partial charge in [-0.2, -0.15) is 21.6 Å². The zero-order chi connectivity index (χ0) is 12.6. The van der Waals surface area contributed by atoms with Crippen LogP contribution in [0.25, 0.3) is 5.53 Å². The summed E-state index contributed by atoms with van der Waals surface area (Å²) in [6, 6.07) is 0. The molecule has 0 saturated heterocycles. The van der Waals surface area contributed by atoms with Crippen molar-refractivity contribution in [1.82, 2.24) is 0 Å². The predicted molar refractivity (Wildman–Crippen MR) is 52.5 cm³/mol. The van der Waals surface area contributed by atoms with Crippen molar-refractivity contribution >= 4 is 25.9 Å². The van der Waals surface area contributed by atoms with E-state index in [1.807, 2.05) is 0 Å². The van der Waals surface area contributed by atoms with Crippen molar-refractivity contribution in [2.45, 2.75) is 6.42 Å². The minimum Gasteiger partial charge on any atom is -0.361 e. The van der Waals surface area contributed by atoms with Crippen molar-refractivity contribution in [2.24, 2.45) is 0 Å². The molecule has 0 aromatic rings. The lowest BCUT2D eigenvalue weighted by Gasteiger charge is -2.06. The van der Waals surface area contributed by atoms with Gasteiger partial charge in [-0.15, -0.1) is 0 Å². The summed E-state index contributed by atoms with van der Waals surface area (Å²) in [5, 5.41) is 0. The van der Waals surface area contributed by atoms with Crippen LogP contribution in [0.1, 0.15) is 6.42 Å². The minimum atomic E-state index is -4.64. The van der Waals surface area contributed by atoms with E-state index < -0.39 is 36.5 Å². The van der Waals surface area contributed by atoms with Gasteiger partial charge in [0.2, 0.25) is 0 Å². The molecule has 2 N–H and O–H groups in total. The van der Waals surface area contributed by atoms with E-state index >= 15 is 0 Å². The lowest BCUT2D eigenvalue weighted by molar-refractivity contribution is -0.00553. The normalized spacial score (nSPS) is 17.5. The highest BCUT2D eigenvalue weighted by Gasteiger charge is 2.28. The maximum atomic E-state index is 10.8. The first-order valence-corrected chi connectivity index (χ1v) is 6.61. The standard InChI is InChI=1S/C6H6N2O6S2/c7-8-4-1-5(15(9,10)11)3-6(2-4)16(12,13)14/h1,3H,2H2,(H,9,10,11)(H,12,13,14). The average Bonchev–Trinajstić information content (AvgIpc) is 2.14. The third kappa shape index (κ3) is 2.84. The highest BCUT2D eigenvalue weighted by molar-refractivity contribution is 7.91. The fraction of sp³-hybridized carbons (Fsp3) is 0.167. The molecule has 8 nitrogen and oxygen atoms in total. The summed E-state index contributed by atoms with van der Waals surface area (Å²) in [5.74, 6) is 0. The molecule has 1 rings (SSSR count). The quantitative estimate of drug-likeness (QED) is 0.395. The second-order valence-electron chi connectivity index (χ2n) is 2.88. The van der Waals surface area contributed by atoms with E-state index in [0.717, 1.165) is 6.08 Å². The van der Waals surface area contributed by atoms with Crippen LogP contribution in [0.4, 0.5) is 0 Å². The van der Waals surface area contributed by atoms with Crippen LogP contribution in [0.5, 0.6) is 0 Å². The molecule has 88 valence electrons. The Morgan fingerprint density at radius 1 is 1.12 bits per heavy atom. The van der Waals surface area contributed by atoms with Crippen molar-refractivity contribution in [3.05, 3.63) is 27.5 Å². The first-order valence-electron chi connectivity index (χ1n) is 3.73. The smallest absolute Gasteiger partial charge is 0.298 e. The average molecular weight is 266 g/mol. The lowest BCUT2D eigenvalue weighted by Crippen LogP contribution is -2.15. The van der Waals surface area contributed by atoms with Crippen LogP contribution in [0, 0.1) is 0 Å². The van der Waals surface area contributed by atoms with Crippen LogP contribution in [0.3, 0.4) is 0 Å². The lowest BCUT2D eigenvalue weighted by atomic mass is 10.1. The van der Waals surface area contributed by atoms with Crippen LogP contribution in [-0.4, -0.2) is 36.4 Å². The number of hydrogen-bond acceptors (Lipinski definition) is 4. The molecule has 10 heteroatoms. The monoisotopic (exact) mass is 266 g/mol. The Labute approximate surface area is 91.0 Å². The second-order valence-corrected chi connectivity index (χ2v) is 5.77. The Kier molecular flexibility index (Phi) is 3.13. The Bertz CT molecular complexity index is 633. The van der Waals surface area contributed by atoms with Crippen molar-refractivity contribution in [2.75, 3.05) is 0 Å². The predicted octanol–water partition coefficient (Wildman–Crippen LogP) is -0.396. The van der Waals surface area contributed by atoms with Crippen molar-refractivity contribution in [1.29, 1.82) is 0 Å². The molecule has 0 unspecified atom stereocenters. The van der Waals surface area contributed by atoms with Crippen LogP contribution in [0.2, 0.25) is 0 Å². The molecule has 1 aliphatic rings. The summed E-state index contributed by atoms with van der Waals surface area (Å²) in [5.41, 5.74) is 8.10. The Morgan fingerprint density at radius 2 is 1.69 bits per heavy atom. The summed E-state index contributed by atoms with van der Waals surface area (Å²) >= 11 is 0. The van der Waals surface area contributed by atoms with Crippen molar-refractivity contribution < 1.29 is 30.7 Å². The maximum Gasteiger partial charge on any atom is 0.298 e. The fourth-order valence-corrected chi connectivity index (χ4v) is 2.28. The van der Waals surface area contributed by atoms with Gasteiger partial charge in [-0.1, -0.05) is 0 Å². The number of nitrogens with zero attached hydrogens (tertiary/aromatic N) is 2. The number of rotatable bonds is 2. The van der Waals surface area contributed by atoms with Crippen molar-refractivity contribution in [3.63, 3.8) is 0 Å². The Balaban J connectivity index is 3.46. The van der Waals surface area contributed by atoms with Gasteiger partial charge < -0.3 is 5.53 Å². The first kappa shape index (κ1) is 12.7. The molecule has 0 saturated carbocycles. The van der Waals surface area contributed by atoms with E-state index in [1.54, 1.807) is 0 Å². The van der Waals surface area contributed by atoms with Crippen LogP contribution in [0.15, 0.2) is 22.0 Å². The van der Waals surface area contributed by atoms with Gasteiger partial charge in [0, 0.05) is 6.08 Å². The summed E-state index contributed by atoms with van der Waals surface area (Å²) in [4.78, 5) is 1.16. The molecular formula is C6H6N2O6S2. The third-order valence-corrected chi connectivity index (χ3v) is 3.48. The van der Waals surface area contributed by atoms with Crippen LogP contribution < -0.4 is 0 Å². The number of hydrogen-bond donors (Lipinski definition) is 2. The molecule has 0 amide bonds. The summed E-state index contributed by atoms with van der Waals surface area (Å²) in [7, 11) is -9.25. The van der Waals surface area contributed by atoms with E-state index in [1.165, 1.54) is 0 Å². The molecule has 1 aliphatic carbocycles. The van der Waals surface area contributed by atoms with E-state index in [4.69, 9.17) is 14.6 Å². The van der Waals surface area contributed by atoms with Crippen LogP contribution >= 0.6 is 0 Å². The largest absolute Gasteiger partial charge is 0.361 e. The summed E-state index contributed by atoms with van der Waals surface area (Å²) in [6.45, 7) is 0. The van der Waals surface area contributed by atoms with Gasteiger partial charge in [0.05, 0.1) is 11.3 Å². The van der Waals surface area contributed by atoms with Gasteiger partial charge in [0.25, 0.3) is 25.9 Å². The van der Waals surface area contributed by atoms with Crippen molar-refractivity contribution in [3.8, 4) is 0 Å². The third-order valence-electron chi connectivity index (χ3n) is 1.73. The van der Waals surface area contributed by atoms with Crippen LogP contribution in [-0.2, 0) is 20.2 Å². The van der Waals surface area contributed by atoms with E-state index in [9.17, 15) is 16.8 Å². The molecule has 0 fully saturated rings. The molecule has 0 heterocycles. The van der Waals surface area contributed by atoms with Gasteiger partial charge in [-0.25, -0.2) is 0 Å². The molecule has 0 aliphatic heterocycles. The SMILES string of the molecule is [N-]=[N+]=C1C=C(S(=O)(=O)O)C=C(S(=O)(=O)O)C1. The van der Waals surface area contributed by atoms with E-state index in [-0.39, 0.29) is 5.71 Å². The van der Waals surface area contributed by atoms with E-state index in [0.29, 0.717) is 6.08 Å². The molecule has 0 bridgehead atoms. The molecule has 0 radical (unpaired) electrons. The molecule has 0 aromatic carbocycles. The van der Waals surface area contributed by atoms with E-state index in [2.05, 4.69) is 4.79 Å². The molecular weight excluding hydrogens is 260 g/mol. The zero-order valence-electron chi connectivity index (χ0n) is 7.60. The molecule has 0 spiro atoms. The highest BCUT2D eigenvalue weighted by atomic mass is 32.2. The number of allylic oxidation sites excluding steroid dienone is 3. The minimum absolute atomic E-state index is 0.317. The second kappa shape index (κ2) is 3.92. The molecule has 0 atom stereocenters. The topological polar surface area (TPSA) is 145 Å². The molecule has 0 aromatic heterocycles.